The fourth-order valence-electron chi connectivity index (χ4n) is 3.02. The molecule has 0 radical (unpaired) electrons. The summed E-state index contributed by atoms with van der Waals surface area (Å²) in [5, 5.41) is 17.1. The van der Waals surface area contributed by atoms with Gasteiger partial charge >= 0.3 is 6.03 Å². The van der Waals surface area contributed by atoms with Crippen molar-refractivity contribution >= 4 is 6.03 Å². The third kappa shape index (κ3) is 3.29. The number of aromatic nitrogens is 4. The second kappa shape index (κ2) is 6.64. The summed E-state index contributed by atoms with van der Waals surface area (Å²) in [6.45, 7) is 2.42. The zero-order chi connectivity index (χ0) is 15.4. The second-order valence-electron chi connectivity index (χ2n) is 5.79. The van der Waals surface area contributed by atoms with Crippen molar-refractivity contribution in [2.75, 3.05) is 0 Å². The molecule has 3 N–H and O–H groups in total. The van der Waals surface area contributed by atoms with E-state index in [0.29, 0.717) is 6.54 Å². The van der Waals surface area contributed by atoms with Gasteiger partial charge in [-0.25, -0.2) is 4.79 Å². The average Bonchev–Trinajstić information content (AvgIpc) is 3.17. The molecule has 0 unspecified atom stereocenters. The van der Waals surface area contributed by atoms with Crippen LogP contribution >= 0.6 is 0 Å². The molecule has 0 spiro atoms. The highest BCUT2D eigenvalue weighted by atomic mass is 16.2. The Bertz CT molecular complexity index is 605. The van der Waals surface area contributed by atoms with Gasteiger partial charge in [0.1, 0.15) is 0 Å². The van der Waals surface area contributed by atoms with E-state index < -0.39 is 0 Å². The lowest BCUT2D eigenvalue weighted by Gasteiger charge is -2.32. The number of carbonyl (C=O) groups is 1. The van der Waals surface area contributed by atoms with Gasteiger partial charge in [0.25, 0.3) is 0 Å². The zero-order valence-electron chi connectivity index (χ0n) is 12.7. The van der Waals surface area contributed by atoms with Crippen molar-refractivity contribution in [1.29, 1.82) is 0 Å². The molecule has 118 valence electrons. The number of hydrogen-bond donors (Lipinski definition) is 3. The topological polar surface area (TPSA) is 87.6 Å². The minimum atomic E-state index is -0.135. The summed E-state index contributed by atoms with van der Waals surface area (Å²) >= 11 is 0. The Balaban J connectivity index is 1.56. The van der Waals surface area contributed by atoms with Crippen LogP contribution in [0.3, 0.4) is 0 Å². The van der Waals surface area contributed by atoms with Gasteiger partial charge in [-0.1, -0.05) is 12.8 Å². The number of nitrogens with zero attached hydrogens (tertiary/aromatic N) is 3. The normalized spacial score (nSPS) is 21.5. The Kier molecular flexibility index (Phi) is 4.41. The highest BCUT2D eigenvalue weighted by molar-refractivity contribution is 5.74. The van der Waals surface area contributed by atoms with Crippen LogP contribution in [-0.4, -0.2) is 32.1 Å². The molecule has 2 aromatic heterocycles. The maximum atomic E-state index is 12.2. The zero-order valence-corrected chi connectivity index (χ0v) is 12.7. The Morgan fingerprint density at radius 2 is 2.32 bits per heavy atom. The second-order valence-corrected chi connectivity index (χ2v) is 5.79. The van der Waals surface area contributed by atoms with Crippen molar-refractivity contribution < 1.29 is 4.79 Å². The molecule has 0 aromatic carbocycles. The van der Waals surface area contributed by atoms with Gasteiger partial charge in [-0.3, -0.25) is 9.78 Å². The van der Waals surface area contributed by atoms with Crippen molar-refractivity contribution in [3.63, 3.8) is 0 Å². The van der Waals surface area contributed by atoms with Crippen LogP contribution in [0.1, 0.15) is 43.0 Å². The van der Waals surface area contributed by atoms with Crippen LogP contribution in [0.15, 0.2) is 24.7 Å². The first kappa shape index (κ1) is 14.6. The molecule has 2 amide bonds. The van der Waals surface area contributed by atoms with Crippen LogP contribution in [0.25, 0.3) is 0 Å². The average molecular weight is 302 g/mol. The minimum absolute atomic E-state index is 0.124. The van der Waals surface area contributed by atoms with E-state index in [9.17, 15) is 4.79 Å². The summed E-state index contributed by atoms with van der Waals surface area (Å²) in [5.41, 5.74) is 1.98. The lowest BCUT2D eigenvalue weighted by molar-refractivity contribution is 0.213. The number of urea groups is 1. The van der Waals surface area contributed by atoms with Crippen LogP contribution in [-0.2, 0) is 6.54 Å². The summed E-state index contributed by atoms with van der Waals surface area (Å²) in [6, 6.07) is 2.15. The fourth-order valence-corrected chi connectivity index (χ4v) is 3.02. The van der Waals surface area contributed by atoms with Gasteiger partial charge in [0.15, 0.2) is 0 Å². The predicted octanol–water partition coefficient (Wildman–Crippen LogP) is 1.90. The van der Waals surface area contributed by atoms with Crippen LogP contribution < -0.4 is 10.6 Å². The van der Waals surface area contributed by atoms with Crippen LogP contribution in [0.4, 0.5) is 4.79 Å². The summed E-state index contributed by atoms with van der Waals surface area (Å²) in [5.74, 6) is 0. The molecule has 7 heteroatoms. The Labute approximate surface area is 129 Å². The molecule has 0 saturated heterocycles. The first-order valence-electron chi connectivity index (χ1n) is 7.76. The van der Waals surface area contributed by atoms with E-state index in [1.807, 2.05) is 23.9 Å². The Morgan fingerprint density at radius 1 is 1.45 bits per heavy atom. The number of H-pyrrole nitrogens is 1. The number of aromatic amines is 1. The standard InChI is InChI=1S/C15H22N6O/c1-11-12(10-17-20-11)9-16-15(22)19-13-5-2-3-6-14(13)21-8-4-7-18-21/h4,7-8,10,13-14H,2-3,5-6,9H2,1H3,(H,17,20)(H2,16,19,22)/t13-,14-/m0/s1. The van der Waals surface area contributed by atoms with Gasteiger partial charge < -0.3 is 10.6 Å². The number of carbonyl (C=O) groups excluding carboxylic acids is 1. The van der Waals surface area contributed by atoms with Crippen LogP contribution in [0.5, 0.6) is 0 Å². The van der Waals surface area contributed by atoms with Gasteiger partial charge in [-0.2, -0.15) is 10.2 Å². The van der Waals surface area contributed by atoms with Gasteiger partial charge in [0.2, 0.25) is 0 Å². The van der Waals surface area contributed by atoms with Crippen LogP contribution in [0.2, 0.25) is 0 Å². The number of aryl methyl sites for hydroxylation is 1. The number of amides is 2. The molecule has 2 aromatic rings. The largest absolute Gasteiger partial charge is 0.334 e. The number of rotatable bonds is 4. The third-order valence-electron chi connectivity index (χ3n) is 4.28. The lowest BCUT2D eigenvalue weighted by Crippen LogP contribution is -2.47. The molecule has 1 aliphatic carbocycles. The summed E-state index contributed by atoms with van der Waals surface area (Å²) < 4.78 is 1.96. The Hall–Kier alpha value is -2.31. The molecule has 3 rings (SSSR count). The molecular formula is C15H22N6O. The highest BCUT2D eigenvalue weighted by Gasteiger charge is 2.28. The fraction of sp³-hybridized carbons (Fsp3) is 0.533. The van der Waals surface area contributed by atoms with E-state index in [2.05, 4.69) is 25.9 Å². The lowest BCUT2D eigenvalue weighted by atomic mass is 9.90. The SMILES string of the molecule is Cc1[nH]ncc1CNC(=O)N[C@H]1CCCC[C@@H]1n1cccn1. The summed E-state index contributed by atoms with van der Waals surface area (Å²) in [7, 11) is 0. The van der Waals surface area contributed by atoms with Crippen molar-refractivity contribution in [2.24, 2.45) is 0 Å². The van der Waals surface area contributed by atoms with Gasteiger partial charge in [-0.15, -0.1) is 0 Å². The molecule has 22 heavy (non-hydrogen) atoms. The van der Waals surface area contributed by atoms with Crippen molar-refractivity contribution in [3.05, 3.63) is 35.9 Å². The highest BCUT2D eigenvalue weighted by Crippen LogP contribution is 2.27. The molecule has 0 aliphatic heterocycles. The maximum Gasteiger partial charge on any atom is 0.315 e. The van der Waals surface area contributed by atoms with Gasteiger partial charge in [0.05, 0.1) is 18.3 Å². The molecule has 2 heterocycles. The predicted molar refractivity (Wildman–Crippen MR) is 82.2 cm³/mol. The molecule has 1 aliphatic rings. The molecule has 0 bridgehead atoms. The molecular weight excluding hydrogens is 280 g/mol. The van der Waals surface area contributed by atoms with E-state index in [1.165, 1.54) is 6.42 Å². The molecule has 1 fully saturated rings. The van der Waals surface area contributed by atoms with E-state index in [1.54, 1.807) is 12.4 Å². The van der Waals surface area contributed by atoms with E-state index in [4.69, 9.17) is 0 Å². The Morgan fingerprint density at radius 3 is 3.05 bits per heavy atom. The minimum Gasteiger partial charge on any atom is -0.334 e. The van der Waals surface area contributed by atoms with Crippen molar-refractivity contribution in [3.8, 4) is 0 Å². The van der Waals surface area contributed by atoms with Crippen LogP contribution in [0, 0.1) is 6.92 Å². The first-order chi connectivity index (χ1) is 10.7. The van der Waals surface area contributed by atoms with Gasteiger partial charge in [0, 0.05) is 30.2 Å². The first-order valence-corrected chi connectivity index (χ1v) is 7.76. The van der Waals surface area contributed by atoms with Crippen molar-refractivity contribution in [2.45, 2.75) is 51.2 Å². The quantitative estimate of drug-likeness (QED) is 0.806. The third-order valence-corrected chi connectivity index (χ3v) is 4.28. The summed E-state index contributed by atoms with van der Waals surface area (Å²) in [4.78, 5) is 12.2. The smallest absolute Gasteiger partial charge is 0.315 e. The molecule has 2 atom stereocenters. The summed E-state index contributed by atoms with van der Waals surface area (Å²) in [6.07, 6.45) is 9.85. The van der Waals surface area contributed by atoms with E-state index in [0.717, 1.165) is 30.5 Å². The maximum absolute atomic E-state index is 12.2. The molecule has 7 nitrogen and oxygen atoms in total. The monoisotopic (exact) mass is 302 g/mol. The van der Waals surface area contributed by atoms with Crippen molar-refractivity contribution in [1.82, 2.24) is 30.6 Å². The molecule has 1 saturated carbocycles. The number of hydrogen-bond acceptors (Lipinski definition) is 3. The number of nitrogens with one attached hydrogen (secondary N) is 3. The van der Waals surface area contributed by atoms with E-state index >= 15 is 0 Å². The van der Waals surface area contributed by atoms with Gasteiger partial charge in [-0.05, 0) is 25.8 Å². The van der Waals surface area contributed by atoms with E-state index in [-0.39, 0.29) is 18.1 Å².